The molecule has 0 aromatic heterocycles. The molecular weight excluding hydrogens is 168 g/mol. The van der Waals surface area contributed by atoms with Crippen LogP contribution in [0.2, 0.25) is 0 Å². The fourth-order valence-electron chi connectivity index (χ4n) is 1.72. The van der Waals surface area contributed by atoms with Gasteiger partial charge in [-0.1, -0.05) is 32.8 Å². The molecule has 2 unspecified atom stereocenters. The SMILES string of the molecule is C=CC(CC)C(C=C=CC)CCCC. The van der Waals surface area contributed by atoms with Crippen LogP contribution < -0.4 is 0 Å². The predicted molar refractivity (Wildman–Crippen MR) is 65.3 cm³/mol. The van der Waals surface area contributed by atoms with Gasteiger partial charge in [0.25, 0.3) is 0 Å². The maximum atomic E-state index is 3.91. The minimum atomic E-state index is 0.619. The van der Waals surface area contributed by atoms with Crippen molar-refractivity contribution in [1.29, 1.82) is 0 Å². The lowest BCUT2D eigenvalue weighted by Gasteiger charge is -2.19. The van der Waals surface area contributed by atoms with E-state index in [0.717, 1.165) is 0 Å². The van der Waals surface area contributed by atoms with Crippen molar-refractivity contribution in [3.05, 3.63) is 30.5 Å². The third kappa shape index (κ3) is 5.09. The summed E-state index contributed by atoms with van der Waals surface area (Å²) in [7, 11) is 0. The molecule has 0 fully saturated rings. The molecule has 14 heavy (non-hydrogen) atoms. The van der Waals surface area contributed by atoms with E-state index in [1.807, 2.05) is 13.0 Å². The van der Waals surface area contributed by atoms with Crippen molar-refractivity contribution < 1.29 is 0 Å². The summed E-state index contributed by atoms with van der Waals surface area (Å²) in [6.07, 6.45) is 11.3. The first-order valence-corrected chi connectivity index (χ1v) is 5.79. The second kappa shape index (κ2) is 8.84. The van der Waals surface area contributed by atoms with E-state index >= 15 is 0 Å². The Bertz CT molecular complexity index is 194. The van der Waals surface area contributed by atoms with Gasteiger partial charge in [-0.15, -0.1) is 12.3 Å². The first-order chi connectivity index (χ1) is 6.79. The molecule has 0 radical (unpaired) electrons. The number of rotatable bonds is 7. The van der Waals surface area contributed by atoms with Crippen LogP contribution in [0, 0.1) is 11.8 Å². The Morgan fingerprint density at radius 3 is 2.43 bits per heavy atom. The van der Waals surface area contributed by atoms with Crippen molar-refractivity contribution in [3.63, 3.8) is 0 Å². The zero-order valence-electron chi connectivity index (χ0n) is 9.92. The van der Waals surface area contributed by atoms with Gasteiger partial charge in [0.1, 0.15) is 0 Å². The van der Waals surface area contributed by atoms with E-state index < -0.39 is 0 Å². The monoisotopic (exact) mass is 192 g/mol. The molecule has 0 bridgehead atoms. The van der Waals surface area contributed by atoms with Gasteiger partial charge in [-0.3, -0.25) is 0 Å². The molecule has 0 amide bonds. The topological polar surface area (TPSA) is 0 Å². The number of unbranched alkanes of at least 4 members (excludes halogenated alkanes) is 1. The zero-order chi connectivity index (χ0) is 10.8. The molecule has 0 heteroatoms. The fraction of sp³-hybridized carbons (Fsp3) is 0.643. The molecule has 0 nitrogen and oxygen atoms in total. The molecule has 0 aliphatic carbocycles. The van der Waals surface area contributed by atoms with Crippen LogP contribution in [-0.4, -0.2) is 0 Å². The average molecular weight is 192 g/mol. The lowest BCUT2D eigenvalue weighted by atomic mass is 9.86. The highest BCUT2D eigenvalue weighted by Crippen LogP contribution is 2.23. The highest BCUT2D eigenvalue weighted by atomic mass is 14.2. The number of hydrogen-bond acceptors (Lipinski definition) is 0. The van der Waals surface area contributed by atoms with Gasteiger partial charge in [-0.2, -0.15) is 0 Å². The summed E-state index contributed by atoms with van der Waals surface area (Å²) in [5, 5.41) is 0. The normalized spacial score (nSPS) is 13.9. The Morgan fingerprint density at radius 2 is 2.00 bits per heavy atom. The lowest BCUT2D eigenvalue weighted by molar-refractivity contribution is 0.421. The summed E-state index contributed by atoms with van der Waals surface area (Å²) in [6, 6.07) is 0. The minimum absolute atomic E-state index is 0.619. The molecule has 0 aromatic rings. The maximum Gasteiger partial charge on any atom is -0.00948 e. The van der Waals surface area contributed by atoms with Crippen molar-refractivity contribution in [2.75, 3.05) is 0 Å². The first-order valence-electron chi connectivity index (χ1n) is 5.79. The van der Waals surface area contributed by atoms with Gasteiger partial charge in [0.05, 0.1) is 0 Å². The Kier molecular flexibility index (Phi) is 8.37. The van der Waals surface area contributed by atoms with Crippen LogP contribution >= 0.6 is 0 Å². The van der Waals surface area contributed by atoms with E-state index in [0.29, 0.717) is 11.8 Å². The van der Waals surface area contributed by atoms with Crippen molar-refractivity contribution >= 4 is 0 Å². The largest absolute Gasteiger partial charge is 0.130 e. The number of hydrogen-bond donors (Lipinski definition) is 0. The van der Waals surface area contributed by atoms with E-state index in [4.69, 9.17) is 0 Å². The quantitative estimate of drug-likeness (QED) is 0.404. The highest BCUT2D eigenvalue weighted by molar-refractivity contribution is 4.96. The van der Waals surface area contributed by atoms with Crippen LogP contribution in [0.25, 0.3) is 0 Å². The lowest BCUT2D eigenvalue weighted by Crippen LogP contribution is -2.09. The molecular formula is C14H24. The molecule has 0 aromatic carbocycles. The van der Waals surface area contributed by atoms with Crippen molar-refractivity contribution in [3.8, 4) is 0 Å². The van der Waals surface area contributed by atoms with Crippen molar-refractivity contribution in [2.45, 2.75) is 46.5 Å². The second-order valence-electron chi connectivity index (χ2n) is 3.74. The fourth-order valence-corrected chi connectivity index (χ4v) is 1.72. The molecule has 0 heterocycles. The molecule has 0 spiro atoms. The molecule has 0 rings (SSSR count). The summed E-state index contributed by atoms with van der Waals surface area (Å²) >= 11 is 0. The molecule has 2 atom stereocenters. The van der Waals surface area contributed by atoms with Crippen LogP contribution in [0.4, 0.5) is 0 Å². The molecule has 0 N–H and O–H groups in total. The number of allylic oxidation sites excluding steroid dienone is 2. The van der Waals surface area contributed by atoms with Crippen molar-refractivity contribution in [2.24, 2.45) is 11.8 Å². The Hall–Kier alpha value is -0.740. The van der Waals surface area contributed by atoms with Crippen molar-refractivity contribution in [1.82, 2.24) is 0 Å². The summed E-state index contributed by atoms with van der Waals surface area (Å²) in [4.78, 5) is 0. The van der Waals surface area contributed by atoms with Crippen LogP contribution in [0.3, 0.4) is 0 Å². The van der Waals surface area contributed by atoms with Crippen LogP contribution in [0.1, 0.15) is 46.5 Å². The molecule has 0 aliphatic heterocycles. The summed E-state index contributed by atoms with van der Waals surface area (Å²) in [5.41, 5.74) is 3.21. The van der Waals surface area contributed by atoms with E-state index in [-0.39, 0.29) is 0 Å². The molecule has 0 aliphatic rings. The van der Waals surface area contributed by atoms with Gasteiger partial charge in [0.15, 0.2) is 0 Å². The Labute approximate surface area is 89.4 Å². The molecule has 80 valence electrons. The standard InChI is InChI=1S/C14H24/c1-5-9-11-14(12-10-6-2)13(7-3)8-4/h5,7,11,13-14H,3,6,8,10,12H2,1-2,4H3. The second-order valence-corrected chi connectivity index (χ2v) is 3.74. The van der Waals surface area contributed by atoms with E-state index in [1.54, 1.807) is 0 Å². The third-order valence-corrected chi connectivity index (χ3v) is 2.69. The molecule has 0 saturated heterocycles. The highest BCUT2D eigenvalue weighted by Gasteiger charge is 2.13. The van der Waals surface area contributed by atoms with Crippen LogP contribution in [0.15, 0.2) is 30.5 Å². The first kappa shape index (κ1) is 13.3. The summed E-state index contributed by atoms with van der Waals surface area (Å²) in [6.45, 7) is 10.4. The molecule has 0 saturated carbocycles. The van der Waals surface area contributed by atoms with Gasteiger partial charge in [0.2, 0.25) is 0 Å². The van der Waals surface area contributed by atoms with Gasteiger partial charge in [-0.25, -0.2) is 0 Å². The maximum absolute atomic E-state index is 3.91. The summed E-state index contributed by atoms with van der Waals surface area (Å²) in [5.74, 6) is 1.25. The van der Waals surface area contributed by atoms with E-state index in [9.17, 15) is 0 Å². The predicted octanol–water partition coefficient (Wildman–Crippen LogP) is 4.74. The van der Waals surface area contributed by atoms with E-state index in [1.165, 1.54) is 25.7 Å². The smallest absolute Gasteiger partial charge is 0.00948 e. The van der Waals surface area contributed by atoms with E-state index in [2.05, 4.69) is 38.3 Å². The van der Waals surface area contributed by atoms with Gasteiger partial charge in [-0.05, 0) is 43.8 Å². The Balaban J connectivity index is 4.35. The van der Waals surface area contributed by atoms with Gasteiger partial charge < -0.3 is 0 Å². The van der Waals surface area contributed by atoms with Gasteiger partial charge >= 0.3 is 0 Å². The van der Waals surface area contributed by atoms with Crippen LogP contribution in [0.5, 0.6) is 0 Å². The zero-order valence-corrected chi connectivity index (χ0v) is 9.92. The third-order valence-electron chi connectivity index (χ3n) is 2.69. The Morgan fingerprint density at radius 1 is 1.29 bits per heavy atom. The summed E-state index contributed by atoms with van der Waals surface area (Å²) < 4.78 is 0. The van der Waals surface area contributed by atoms with Crippen LogP contribution in [-0.2, 0) is 0 Å². The van der Waals surface area contributed by atoms with Gasteiger partial charge in [0, 0.05) is 0 Å². The average Bonchev–Trinajstić information content (AvgIpc) is 2.22. The minimum Gasteiger partial charge on any atom is -0.130 e.